The van der Waals surface area contributed by atoms with Crippen LogP contribution in [0.3, 0.4) is 0 Å². The fourth-order valence-corrected chi connectivity index (χ4v) is 2.83. The molecule has 0 saturated carbocycles. The molecule has 0 spiro atoms. The molecule has 0 saturated heterocycles. The summed E-state index contributed by atoms with van der Waals surface area (Å²) in [6, 6.07) is 5.64. The average Bonchev–Trinajstić information content (AvgIpc) is 2.99. The first kappa shape index (κ1) is 16.9. The molecule has 0 fully saturated rings. The van der Waals surface area contributed by atoms with E-state index in [1.165, 1.54) is 4.90 Å². The second-order valence-electron chi connectivity index (χ2n) is 6.51. The zero-order chi connectivity index (χ0) is 18.1. The van der Waals surface area contributed by atoms with E-state index in [1.54, 1.807) is 4.68 Å². The lowest BCUT2D eigenvalue weighted by atomic mass is 10.2. The predicted molar refractivity (Wildman–Crippen MR) is 93.5 cm³/mol. The standard InChI is InChI=1S/C17H22N6O2/c1-10(2)18-15(24)9-23-8-12-5-6-13(20-16(12)17(23)25)19-14-7-11(3)21-22(14)4/h5-7,10H,8-9H2,1-4H3,(H,18,24)(H,19,20). The third-order valence-electron chi connectivity index (χ3n) is 3.87. The minimum Gasteiger partial charge on any atom is -0.352 e. The summed E-state index contributed by atoms with van der Waals surface area (Å²) in [5.74, 6) is 0.978. The topological polar surface area (TPSA) is 92.1 Å². The summed E-state index contributed by atoms with van der Waals surface area (Å²) in [7, 11) is 1.84. The van der Waals surface area contributed by atoms with Gasteiger partial charge in [-0.15, -0.1) is 0 Å². The van der Waals surface area contributed by atoms with E-state index in [9.17, 15) is 9.59 Å². The summed E-state index contributed by atoms with van der Waals surface area (Å²) in [5.41, 5.74) is 2.11. The number of carbonyl (C=O) groups is 2. The van der Waals surface area contributed by atoms with E-state index in [1.807, 2.05) is 46.0 Å². The maximum atomic E-state index is 12.5. The first-order valence-electron chi connectivity index (χ1n) is 8.19. The van der Waals surface area contributed by atoms with Crippen LogP contribution in [0.15, 0.2) is 18.2 Å². The number of rotatable bonds is 5. The highest BCUT2D eigenvalue weighted by atomic mass is 16.2. The van der Waals surface area contributed by atoms with Crippen molar-refractivity contribution in [2.24, 2.45) is 7.05 Å². The van der Waals surface area contributed by atoms with Gasteiger partial charge in [-0.3, -0.25) is 14.3 Å². The lowest BCUT2D eigenvalue weighted by Crippen LogP contribution is -2.40. The van der Waals surface area contributed by atoms with Gasteiger partial charge < -0.3 is 15.5 Å². The Balaban J connectivity index is 1.74. The van der Waals surface area contributed by atoms with E-state index in [-0.39, 0.29) is 24.4 Å². The number of amides is 2. The smallest absolute Gasteiger partial charge is 0.273 e. The van der Waals surface area contributed by atoms with Crippen LogP contribution in [-0.2, 0) is 18.4 Å². The van der Waals surface area contributed by atoms with Gasteiger partial charge in [0.2, 0.25) is 5.91 Å². The SMILES string of the molecule is Cc1cc(Nc2ccc3c(n2)C(=O)N(CC(=O)NC(C)C)C3)n(C)n1. The largest absolute Gasteiger partial charge is 0.352 e. The molecule has 0 aliphatic carbocycles. The maximum Gasteiger partial charge on any atom is 0.273 e. The molecule has 8 nitrogen and oxygen atoms in total. The van der Waals surface area contributed by atoms with Crippen molar-refractivity contribution in [3.63, 3.8) is 0 Å². The molecule has 0 unspecified atom stereocenters. The number of nitrogens with one attached hydrogen (secondary N) is 2. The molecule has 132 valence electrons. The minimum atomic E-state index is -0.223. The van der Waals surface area contributed by atoms with Gasteiger partial charge in [0, 0.05) is 31.3 Å². The Hall–Kier alpha value is -2.90. The average molecular weight is 342 g/mol. The molecule has 3 rings (SSSR count). The monoisotopic (exact) mass is 342 g/mol. The number of carbonyl (C=O) groups excluding carboxylic acids is 2. The summed E-state index contributed by atoms with van der Waals surface area (Å²) in [6.07, 6.45) is 0. The van der Waals surface area contributed by atoms with Gasteiger partial charge in [-0.25, -0.2) is 4.98 Å². The molecule has 2 aromatic rings. The first-order valence-corrected chi connectivity index (χ1v) is 8.19. The van der Waals surface area contributed by atoms with Crippen LogP contribution in [0.1, 0.15) is 35.6 Å². The Labute approximate surface area is 146 Å². The molecule has 0 atom stereocenters. The Morgan fingerprint density at radius 2 is 2.12 bits per heavy atom. The normalized spacial score (nSPS) is 13.3. The van der Waals surface area contributed by atoms with Crippen molar-refractivity contribution >= 4 is 23.5 Å². The van der Waals surface area contributed by atoms with Crippen LogP contribution in [0, 0.1) is 6.92 Å². The highest BCUT2D eigenvalue weighted by Gasteiger charge is 2.30. The van der Waals surface area contributed by atoms with Crippen LogP contribution >= 0.6 is 0 Å². The van der Waals surface area contributed by atoms with Gasteiger partial charge in [-0.05, 0) is 26.8 Å². The molecule has 3 heterocycles. The fourth-order valence-electron chi connectivity index (χ4n) is 2.83. The highest BCUT2D eigenvalue weighted by molar-refractivity contribution is 5.99. The lowest BCUT2D eigenvalue weighted by molar-refractivity contribution is -0.122. The van der Waals surface area contributed by atoms with E-state index < -0.39 is 0 Å². The van der Waals surface area contributed by atoms with Crippen molar-refractivity contribution in [1.82, 2.24) is 25.0 Å². The van der Waals surface area contributed by atoms with Crippen molar-refractivity contribution < 1.29 is 9.59 Å². The molecule has 1 aliphatic rings. The molecule has 0 radical (unpaired) electrons. The van der Waals surface area contributed by atoms with Crippen LogP contribution in [0.5, 0.6) is 0 Å². The Morgan fingerprint density at radius 3 is 2.76 bits per heavy atom. The van der Waals surface area contributed by atoms with Crippen molar-refractivity contribution in [2.45, 2.75) is 33.4 Å². The number of aromatic nitrogens is 3. The number of anilines is 2. The molecule has 0 aromatic carbocycles. The van der Waals surface area contributed by atoms with E-state index in [4.69, 9.17) is 0 Å². The quantitative estimate of drug-likeness (QED) is 0.856. The molecule has 8 heteroatoms. The number of hydrogen-bond acceptors (Lipinski definition) is 5. The van der Waals surface area contributed by atoms with E-state index in [2.05, 4.69) is 20.7 Å². The van der Waals surface area contributed by atoms with Crippen LogP contribution in [0.4, 0.5) is 11.6 Å². The van der Waals surface area contributed by atoms with Crippen molar-refractivity contribution in [3.8, 4) is 0 Å². The molecule has 2 N–H and O–H groups in total. The van der Waals surface area contributed by atoms with Crippen LogP contribution in [-0.4, -0.2) is 44.1 Å². The molecule has 1 aliphatic heterocycles. The summed E-state index contributed by atoms with van der Waals surface area (Å²) >= 11 is 0. The van der Waals surface area contributed by atoms with Gasteiger partial charge >= 0.3 is 0 Å². The Kier molecular flexibility index (Phi) is 4.43. The second kappa shape index (κ2) is 6.54. The number of aryl methyl sites for hydroxylation is 2. The molecule has 25 heavy (non-hydrogen) atoms. The number of pyridine rings is 1. The fraction of sp³-hybridized carbons (Fsp3) is 0.412. The summed E-state index contributed by atoms with van der Waals surface area (Å²) < 4.78 is 1.72. The van der Waals surface area contributed by atoms with Gasteiger partial charge in [0.25, 0.3) is 5.91 Å². The zero-order valence-electron chi connectivity index (χ0n) is 14.8. The molecule has 0 bridgehead atoms. The number of nitrogens with zero attached hydrogens (tertiary/aromatic N) is 4. The van der Waals surface area contributed by atoms with Gasteiger partial charge in [-0.1, -0.05) is 6.07 Å². The van der Waals surface area contributed by atoms with Crippen molar-refractivity contribution in [3.05, 3.63) is 35.2 Å². The third kappa shape index (κ3) is 3.62. The maximum absolute atomic E-state index is 12.5. The van der Waals surface area contributed by atoms with E-state index in [0.29, 0.717) is 18.1 Å². The minimum absolute atomic E-state index is 0.0388. The van der Waals surface area contributed by atoms with Gasteiger partial charge in [0.15, 0.2) is 0 Å². The molecule has 2 aromatic heterocycles. The van der Waals surface area contributed by atoms with Crippen LogP contribution < -0.4 is 10.6 Å². The number of fused-ring (bicyclic) bond motifs is 1. The van der Waals surface area contributed by atoms with Gasteiger partial charge in [0.05, 0.1) is 5.69 Å². The first-order chi connectivity index (χ1) is 11.8. The summed E-state index contributed by atoms with van der Waals surface area (Å²) in [5, 5.41) is 10.2. The summed E-state index contributed by atoms with van der Waals surface area (Å²) in [4.78, 5) is 30.4. The molecular weight excluding hydrogens is 320 g/mol. The van der Waals surface area contributed by atoms with Crippen LogP contribution in [0.25, 0.3) is 0 Å². The van der Waals surface area contributed by atoms with E-state index in [0.717, 1.165) is 17.1 Å². The Bertz CT molecular complexity index is 827. The van der Waals surface area contributed by atoms with Gasteiger partial charge in [0.1, 0.15) is 23.9 Å². The molecule has 2 amide bonds. The number of hydrogen-bond donors (Lipinski definition) is 2. The third-order valence-corrected chi connectivity index (χ3v) is 3.87. The summed E-state index contributed by atoms with van der Waals surface area (Å²) in [6.45, 7) is 6.12. The van der Waals surface area contributed by atoms with Crippen LogP contribution in [0.2, 0.25) is 0 Å². The van der Waals surface area contributed by atoms with Gasteiger partial charge in [-0.2, -0.15) is 5.10 Å². The van der Waals surface area contributed by atoms with E-state index >= 15 is 0 Å². The van der Waals surface area contributed by atoms with Crippen molar-refractivity contribution in [2.75, 3.05) is 11.9 Å². The molecular formula is C17H22N6O2. The highest BCUT2D eigenvalue weighted by Crippen LogP contribution is 2.24. The van der Waals surface area contributed by atoms with Crippen molar-refractivity contribution in [1.29, 1.82) is 0 Å². The second-order valence-corrected chi connectivity index (χ2v) is 6.51. The predicted octanol–water partition coefficient (Wildman–Crippen LogP) is 1.35. The Morgan fingerprint density at radius 1 is 1.36 bits per heavy atom. The zero-order valence-corrected chi connectivity index (χ0v) is 14.8. The lowest BCUT2D eigenvalue weighted by Gasteiger charge is -2.16.